The predicted octanol–water partition coefficient (Wildman–Crippen LogP) is 8.76. The van der Waals surface area contributed by atoms with Crippen LogP contribution in [0.5, 0.6) is 11.6 Å². The molecule has 1 aliphatic rings. The van der Waals surface area contributed by atoms with Crippen LogP contribution in [0, 0.1) is 11.7 Å². The number of anilines is 1. The molecule has 1 amide bonds. The summed E-state index contributed by atoms with van der Waals surface area (Å²) in [6.07, 6.45) is 3.15. The van der Waals surface area contributed by atoms with Crippen LogP contribution in [0.25, 0.3) is 6.08 Å². The van der Waals surface area contributed by atoms with Gasteiger partial charge in [0.25, 0.3) is 0 Å². The molecule has 1 aromatic heterocycles. The van der Waals surface area contributed by atoms with Gasteiger partial charge in [0.15, 0.2) is 11.6 Å². The first-order chi connectivity index (χ1) is 22.7. The van der Waals surface area contributed by atoms with E-state index < -0.39 is 41.2 Å². The van der Waals surface area contributed by atoms with Gasteiger partial charge in [-0.3, -0.25) is 9.79 Å². The SMILES string of the molecule is C/C=C/c1cnc(Oc2cc(C(=O)OC)c(N(C(=O)C3CCCCC3)C(COC)COC)cc2F)c(C(F)(F)F)c1.C=C(C)N=C(C)Br. The average molecular weight is 745 g/mol. The van der Waals surface area contributed by atoms with E-state index in [-0.39, 0.29) is 41.9 Å². The number of aromatic nitrogens is 1. The first-order valence-corrected chi connectivity index (χ1v) is 15.9. The molecule has 48 heavy (non-hydrogen) atoms. The quantitative estimate of drug-likeness (QED) is 0.122. The van der Waals surface area contributed by atoms with Crippen molar-refractivity contribution in [1.29, 1.82) is 0 Å². The lowest BCUT2D eigenvalue weighted by molar-refractivity contribution is -0.139. The van der Waals surface area contributed by atoms with Crippen molar-refractivity contribution < 1.29 is 46.1 Å². The van der Waals surface area contributed by atoms with Crippen LogP contribution in [0.15, 0.2) is 47.7 Å². The predicted molar refractivity (Wildman–Crippen MR) is 180 cm³/mol. The summed E-state index contributed by atoms with van der Waals surface area (Å²) in [5.41, 5.74) is -0.662. The van der Waals surface area contributed by atoms with E-state index >= 15 is 4.39 Å². The van der Waals surface area contributed by atoms with E-state index in [1.165, 1.54) is 25.2 Å². The first kappa shape index (κ1) is 40.6. The Morgan fingerprint density at radius 1 is 1.10 bits per heavy atom. The lowest BCUT2D eigenvalue weighted by atomic mass is 9.87. The molecule has 1 fully saturated rings. The summed E-state index contributed by atoms with van der Waals surface area (Å²) in [7, 11) is 3.95. The Balaban J connectivity index is 0.00000103. The highest BCUT2D eigenvalue weighted by atomic mass is 79.9. The summed E-state index contributed by atoms with van der Waals surface area (Å²) < 4.78 is 78.8. The molecule has 0 atom stereocenters. The molecule has 0 saturated heterocycles. The maximum absolute atomic E-state index is 15.6. The maximum atomic E-state index is 15.6. The molecule has 0 unspecified atom stereocenters. The van der Waals surface area contributed by atoms with Gasteiger partial charge in [0.05, 0.1) is 42.2 Å². The number of amides is 1. The topological polar surface area (TPSA) is 99.6 Å². The molecule has 1 aliphatic carbocycles. The van der Waals surface area contributed by atoms with Crippen molar-refractivity contribution in [2.75, 3.05) is 39.4 Å². The fourth-order valence-electron chi connectivity index (χ4n) is 5.12. The maximum Gasteiger partial charge on any atom is 0.421 e. The third kappa shape index (κ3) is 11.8. The molecule has 1 aromatic carbocycles. The standard InChI is InChI=1S/C29H34F4N2O6.C5H8BrN/c1-5-9-18-12-22(29(31,32)33)26(34-15-18)41-25-13-21(28(37)40-4)24(14-23(25)30)35(20(16-38-2)17-39-3)27(36)19-10-7-6-8-11-19;1-4(2)7-5(3)6/h5,9,12-15,19-20H,6-8,10-11,16-17H2,1-4H3;1H2,2-3H3/b9-5+;. The van der Waals surface area contributed by atoms with Crippen molar-refractivity contribution in [3.8, 4) is 11.6 Å². The van der Waals surface area contributed by atoms with E-state index in [4.69, 9.17) is 18.9 Å². The summed E-state index contributed by atoms with van der Waals surface area (Å²) in [5, 5.41) is 0. The van der Waals surface area contributed by atoms with Crippen molar-refractivity contribution in [3.05, 3.63) is 65.3 Å². The summed E-state index contributed by atoms with van der Waals surface area (Å²) in [4.78, 5) is 35.7. The Labute approximate surface area is 287 Å². The number of pyridine rings is 1. The van der Waals surface area contributed by atoms with E-state index in [1.807, 2.05) is 13.8 Å². The monoisotopic (exact) mass is 743 g/mol. The summed E-state index contributed by atoms with van der Waals surface area (Å²) in [6.45, 7) is 8.94. The van der Waals surface area contributed by atoms with E-state index in [1.54, 1.807) is 13.0 Å². The number of rotatable bonds is 12. The highest BCUT2D eigenvalue weighted by Gasteiger charge is 2.38. The number of ether oxygens (including phenoxy) is 4. The van der Waals surface area contributed by atoms with Crippen molar-refractivity contribution in [3.63, 3.8) is 0 Å². The van der Waals surface area contributed by atoms with Gasteiger partial charge < -0.3 is 23.8 Å². The average Bonchev–Trinajstić information content (AvgIpc) is 3.02. The second kappa shape index (κ2) is 19.4. The van der Waals surface area contributed by atoms with Gasteiger partial charge in [0.1, 0.15) is 5.56 Å². The molecule has 264 valence electrons. The number of benzene rings is 1. The fraction of sp³-hybridized carbons (Fsp3) is 0.471. The molecule has 0 N–H and O–H groups in total. The number of methoxy groups -OCH3 is 3. The fourth-order valence-corrected chi connectivity index (χ4v) is 5.42. The third-order valence-electron chi connectivity index (χ3n) is 7.08. The molecule has 1 heterocycles. The number of halogens is 5. The molecule has 9 nitrogen and oxygen atoms in total. The highest BCUT2D eigenvalue weighted by molar-refractivity contribution is 9.18. The molecule has 2 aromatic rings. The number of carbonyl (C=O) groups excluding carboxylic acids is 2. The zero-order valence-corrected chi connectivity index (χ0v) is 29.5. The summed E-state index contributed by atoms with van der Waals surface area (Å²) in [6, 6.07) is 1.87. The number of hydrogen-bond acceptors (Lipinski definition) is 8. The molecule has 1 saturated carbocycles. The Hall–Kier alpha value is -3.62. The van der Waals surface area contributed by atoms with Gasteiger partial charge in [-0.25, -0.2) is 14.2 Å². The van der Waals surface area contributed by atoms with Gasteiger partial charge in [0.2, 0.25) is 11.8 Å². The summed E-state index contributed by atoms with van der Waals surface area (Å²) in [5.74, 6) is -4.39. The van der Waals surface area contributed by atoms with Crippen LogP contribution in [0.2, 0.25) is 0 Å². The number of nitrogens with zero attached hydrogens (tertiary/aromatic N) is 3. The van der Waals surface area contributed by atoms with Crippen molar-refractivity contribution in [2.45, 2.75) is 65.1 Å². The Morgan fingerprint density at radius 3 is 2.21 bits per heavy atom. The minimum atomic E-state index is -4.86. The molecule has 0 radical (unpaired) electrons. The van der Waals surface area contributed by atoms with Crippen LogP contribution in [-0.4, -0.2) is 62.1 Å². The summed E-state index contributed by atoms with van der Waals surface area (Å²) >= 11 is 3.16. The van der Waals surface area contributed by atoms with E-state index in [2.05, 4.69) is 32.5 Å². The van der Waals surface area contributed by atoms with Crippen LogP contribution in [0.4, 0.5) is 23.2 Å². The first-order valence-electron chi connectivity index (χ1n) is 15.1. The van der Waals surface area contributed by atoms with Crippen molar-refractivity contribution in [2.24, 2.45) is 10.9 Å². The third-order valence-corrected chi connectivity index (χ3v) is 7.26. The van der Waals surface area contributed by atoms with Crippen molar-refractivity contribution in [1.82, 2.24) is 4.98 Å². The minimum Gasteiger partial charge on any atom is -0.465 e. The molecule has 14 heteroatoms. The highest BCUT2D eigenvalue weighted by Crippen LogP contribution is 2.40. The normalized spacial score (nSPS) is 14.0. The molecular weight excluding hydrogens is 702 g/mol. The molecule has 0 aliphatic heterocycles. The van der Waals surface area contributed by atoms with Crippen LogP contribution in [0.1, 0.15) is 74.4 Å². The number of esters is 1. The van der Waals surface area contributed by atoms with Gasteiger partial charge in [-0.2, -0.15) is 13.2 Å². The van der Waals surface area contributed by atoms with E-state index in [9.17, 15) is 22.8 Å². The lowest BCUT2D eigenvalue weighted by Crippen LogP contribution is -2.49. The number of hydrogen-bond donors (Lipinski definition) is 0. The largest absolute Gasteiger partial charge is 0.465 e. The van der Waals surface area contributed by atoms with Gasteiger partial charge in [-0.05, 0) is 61.2 Å². The zero-order chi connectivity index (χ0) is 36.0. The van der Waals surface area contributed by atoms with Gasteiger partial charge in [-0.1, -0.05) is 38.0 Å². The van der Waals surface area contributed by atoms with Gasteiger partial charge >= 0.3 is 12.1 Å². The van der Waals surface area contributed by atoms with E-state index in [0.717, 1.165) is 61.1 Å². The molecule has 3 rings (SSSR count). The zero-order valence-electron chi connectivity index (χ0n) is 28.0. The van der Waals surface area contributed by atoms with Gasteiger partial charge in [0, 0.05) is 44.2 Å². The van der Waals surface area contributed by atoms with E-state index in [0.29, 0.717) is 12.8 Å². The number of alkyl halides is 3. The number of carbonyl (C=O) groups is 2. The molecular formula is C34H42BrF4N3O6. The van der Waals surface area contributed by atoms with Crippen LogP contribution in [-0.2, 0) is 25.2 Å². The minimum absolute atomic E-state index is 0.00417. The van der Waals surface area contributed by atoms with Gasteiger partial charge in [-0.15, -0.1) is 0 Å². The molecule has 0 spiro atoms. The lowest BCUT2D eigenvalue weighted by Gasteiger charge is -2.36. The Kier molecular flexibility index (Phi) is 16.4. The van der Waals surface area contributed by atoms with Crippen molar-refractivity contribution >= 4 is 44.2 Å². The van der Waals surface area contributed by atoms with Crippen LogP contribution >= 0.6 is 15.9 Å². The molecule has 0 bridgehead atoms. The number of aliphatic imine (C=N–C) groups is 1. The smallest absolute Gasteiger partial charge is 0.421 e. The van der Waals surface area contributed by atoms with Crippen LogP contribution < -0.4 is 9.64 Å². The second-order valence-electron chi connectivity index (χ2n) is 11.0. The Morgan fingerprint density at radius 2 is 1.73 bits per heavy atom. The number of allylic oxidation sites excluding steroid dienone is 2. The second-order valence-corrected chi connectivity index (χ2v) is 12.1. The van der Waals surface area contributed by atoms with Crippen LogP contribution in [0.3, 0.4) is 0 Å². The Bertz CT molecular complexity index is 1470.